The monoisotopic (exact) mass is 325 g/mol. The molecule has 0 spiro atoms. The molecule has 1 heterocycles. The summed E-state index contributed by atoms with van der Waals surface area (Å²) in [4.78, 5) is 13.4. The van der Waals surface area contributed by atoms with Crippen LogP contribution in [0.4, 0.5) is 0 Å². The van der Waals surface area contributed by atoms with Crippen molar-refractivity contribution in [2.45, 2.75) is 24.7 Å². The van der Waals surface area contributed by atoms with Gasteiger partial charge in [0.25, 0.3) is 0 Å². The van der Waals surface area contributed by atoms with E-state index in [9.17, 15) is 13.2 Å². The Morgan fingerprint density at radius 1 is 1.36 bits per heavy atom. The van der Waals surface area contributed by atoms with Crippen molar-refractivity contribution < 1.29 is 13.2 Å². The molecule has 22 heavy (non-hydrogen) atoms. The van der Waals surface area contributed by atoms with E-state index in [1.165, 1.54) is 37.1 Å². The molecule has 1 fully saturated rings. The maximum absolute atomic E-state index is 12.2. The molecule has 0 aliphatic carbocycles. The van der Waals surface area contributed by atoms with Crippen molar-refractivity contribution in [1.29, 1.82) is 0 Å². The highest BCUT2D eigenvalue weighted by Gasteiger charge is 2.18. The average molecular weight is 325 g/mol. The van der Waals surface area contributed by atoms with Crippen molar-refractivity contribution in [2.75, 3.05) is 26.2 Å². The van der Waals surface area contributed by atoms with Gasteiger partial charge in [0.2, 0.25) is 15.9 Å². The van der Waals surface area contributed by atoms with Gasteiger partial charge in [-0.15, -0.1) is 0 Å². The van der Waals surface area contributed by atoms with Crippen LogP contribution in [0.5, 0.6) is 0 Å². The molecule has 0 aromatic heterocycles. The number of likely N-dealkylation sites (tertiary alicyclic amines) is 1. The fourth-order valence-electron chi connectivity index (χ4n) is 2.71. The zero-order chi connectivity index (χ0) is 16.2. The number of nitrogens with two attached hydrogens (primary N) is 1. The van der Waals surface area contributed by atoms with Gasteiger partial charge in [-0.1, -0.05) is 6.92 Å². The van der Waals surface area contributed by atoms with E-state index >= 15 is 0 Å². The molecule has 1 aliphatic rings. The first-order valence-corrected chi connectivity index (χ1v) is 8.98. The molecule has 1 atom stereocenters. The van der Waals surface area contributed by atoms with E-state index in [-0.39, 0.29) is 4.90 Å². The number of piperidine rings is 1. The van der Waals surface area contributed by atoms with Crippen molar-refractivity contribution in [3.05, 3.63) is 29.8 Å². The Morgan fingerprint density at radius 2 is 2.05 bits per heavy atom. The molecule has 1 aliphatic heterocycles. The molecule has 7 heteroatoms. The van der Waals surface area contributed by atoms with Crippen LogP contribution in [0.25, 0.3) is 0 Å². The maximum atomic E-state index is 12.2. The molecule has 1 aromatic rings. The quantitative estimate of drug-likeness (QED) is 0.809. The summed E-state index contributed by atoms with van der Waals surface area (Å²) in [5, 5.41) is 0. The zero-order valence-electron chi connectivity index (χ0n) is 12.8. The first-order chi connectivity index (χ1) is 10.4. The Kier molecular flexibility index (Phi) is 5.55. The van der Waals surface area contributed by atoms with Gasteiger partial charge in [0, 0.05) is 25.2 Å². The minimum atomic E-state index is -3.55. The average Bonchev–Trinajstić information content (AvgIpc) is 2.47. The van der Waals surface area contributed by atoms with Crippen molar-refractivity contribution in [1.82, 2.24) is 9.62 Å². The van der Waals surface area contributed by atoms with Gasteiger partial charge in [-0.05, 0) is 49.6 Å². The second-order valence-corrected chi connectivity index (χ2v) is 7.60. The van der Waals surface area contributed by atoms with Gasteiger partial charge >= 0.3 is 0 Å². The van der Waals surface area contributed by atoms with Gasteiger partial charge in [0.05, 0.1) is 4.90 Å². The van der Waals surface area contributed by atoms with Crippen molar-refractivity contribution >= 4 is 15.9 Å². The van der Waals surface area contributed by atoms with Gasteiger partial charge in [0.15, 0.2) is 0 Å². The maximum Gasteiger partial charge on any atom is 0.248 e. The lowest BCUT2D eigenvalue weighted by Gasteiger charge is -2.30. The topological polar surface area (TPSA) is 92.5 Å². The zero-order valence-corrected chi connectivity index (χ0v) is 13.6. The third-order valence-electron chi connectivity index (χ3n) is 3.91. The lowest BCUT2D eigenvalue weighted by atomic mass is 10.0. The van der Waals surface area contributed by atoms with E-state index in [0.29, 0.717) is 24.6 Å². The van der Waals surface area contributed by atoms with Crippen molar-refractivity contribution in [3.63, 3.8) is 0 Å². The summed E-state index contributed by atoms with van der Waals surface area (Å²) in [6.45, 7) is 5.36. The van der Waals surface area contributed by atoms with Crippen LogP contribution in [0, 0.1) is 5.92 Å². The smallest absolute Gasteiger partial charge is 0.248 e. The fraction of sp³-hybridized carbons (Fsp3) is 0.533. The lowest BCUT2D eigenvalue weighted by molar-refractivity contribution is 0.1000. The predicted octanol–water partition coefficient (Wildman–Crippen LogP) is 0.796. The molecular weight excluding hydrogens is 302 g/mol. The summed E-state index contributed by atoms with van der Waals surface area (Å²) in [5.41, 5.74) is 5.43. The highest BCUT2D eigenvalue weighted by atomic mass is 32.2. The molecule has 2 rings (SSSR count). The second-order valence-electron chi connectivity index (χ2n) is 5.83. The van der Waals surface area contributed by atoms with Gasteiger partial charge in [-0.2, -0.15) is 0 Å². The third-order valence-corrected chi connectivity index (χ3v) is 5.39. The second kappa shape index (κ2) is 7.21. The number of primary amides is 1. The normalized spacial score (nSPS) is 20.0. The number of hydrogen-bond acceptors (Lipinski definition) is 4. The van der Waals surface area contributed by atoms with Gasteiger partial charge in [0.1, 0.15) is 0 Å². The molecular formula is C15H23N3O3S. The Morgan fingerprint density at radius 3 is 2.64 bits per heavy atom. The van der Waals surface area contributed by atoms with E-state index in [2.05, 4.69) is 16.5 Å². The lowest BCUT2D eigenvalue weighted by Crippen LogP contribution is -2.40. The number of hydrogen-bond donors (Lipinski definition) is 2. The molecule has 0 radical (unpaired) electrons. The first-order valence-electron chi connectivity index (χ1n) is 7.50. The molecule has 0 unspecified atom stereocenters. The van der Waals surface area contributed by atoms with Crippen LogP contribution >= 0.6 is 0 Å². The van der Waals surface area contributed by atoms with Crippen LogP contribution in [0.2, 0.25) is 0 Å². The van der Waals surface area contributed by atoms with Crippen molar-refractivity contribution in [2.24, 2.45) is 11.7 Å². The summed E-state index contributed by atoms with van der Waals surface area (Å²) in [6, 6.07) is 5.63. The number of nitrogens with zero attached hydrogens (tertiary/aromatic N) is 1. The van der Waals surface area contributed by atoms with Gasteiger partial charge < -0.3 is 10.6 Å². The minimum Gasteiger partial charge on any atom is -0.366 e. The van der Waals surface area contributed by atoms with Crippen LogP contribution in [-0.2, 0) is 10.0 Å². The van der Waals surface area contributed by atoms with Crippen LogP contribution in [0.3, 0.4) is 0 Å². The molecule has 0 bridgehead atoms. The van der Waals surface area contributed by atoms with Crippen LogP contribution in [0.15, 0.2) is 29.2 Å². The number of sulfonamides is 1. The van der Waals surface area contributed by atoms with E-state index < -0.39 is 15.9 Å². The predicted molar refractivity (Wildman–Crippen MR) is 85.0 cm³/mol. The summed E-state index contributed by atoms with van der Waals surface area (Å²) in [7, 11) is -3.55. The Hall–Kier alpha value is -1.44. The number of rotatable bonds is 6. The SMILES string of the molecule is C[C@@H]1CCCN(CCNS(=O)(=O)c2ccc(C(N)=O)cc2)C1. The number of benzene rings is 1. The van der Waals surface area contributed by atoms with E-state index in [4.69, 9.17) is 5.73 Å². The summed E-state index contributed by atoms with van der Waals surface area (Å²) in [5.74, 6) is 0.0998. The standard InChI is InChI=1S/C15H23N3O3S/c1-12-3-2-9-18(11-12)10-8-17-22(20,21)14-6-4-13(5-7-14)15(16)19/h4-7,12,17H,2-3,8-11H2,1H3,(H2,16,19)/t12-/m1/s1. The van der Waals surface area contributed by atoms with Crippen LogP contribution < -0.4 is 10.5 Å². The highest BCUT2D eigenvalue weighted by Crippen LogP contribution is 2.15. The summed E-state index contributed by atoms with van der Waals surface area (Å²) in [6.07, 6.45) is 2.41. The third kappa shape index (κ3) is 4.53. The Bertz CT molecular complexity index is 613. The molecule has 0 saturated carbocycles. The molecule has 1 saturated heterocycles. The van der Waals surface area contributed by atoms with Crippen LogP contribution in [-0.4, -0.2) is 45.4 Å². The number of carbonyl (C=O) groups is 1. The number of amides is 1. The first kappa shape index (κ1) is 16.9. The van der Waals surface area contributed by atoms with Crippen molar-refractivity contribution in [3.8, 4) is 0 Å². The fourth-order valence-corrected chi connectivity index (χ4v) is 3.73. The minimum absolute atomic E-state index is 0.143. The molecule has 122 valence electrons. The van der Waals surface area contributed by atoms with E-state index in [0.717, 1.165) is 13.1 Å². The molecule has 3 N–H and O–H groups in total. The highest BCUT2D eigenvalue weighted by molar-refractivity contribution is 7.89. The van der Waals surface area contributed by atoms with Gasteiger partial charge in [-0.25, -0.2) is 13.1 Å². The van der Waals surface area contributed by atoms with E-state index in [1.54, 1.807) is 0 Å². The van der Waals surface area contributed by atoms with E-state index in [1.807, 2.05) is 0 Å². The Labute approximate surface area is 131 Å². The van der Waals surface area contributed by atoms with Crippen LogP contribution in [0.1, 0.15) is 30.1 Å². The molecule has 1 aromatic carbocycles. The summed E-state index contributed by atoms with van der Waals surface area (Å²) < 4.78 is 26.9. The van der Waals surface area contributed by atoms with Gasteiger partial charge in [-0.3, -0.25) is 4.79 Å². The number of carbonyl (C=O) groups excluding carboxylic acids is 1. The molecule has 1 amide bonds. The molecule has 6 nitrogen and oxygen atoms in total. The summed E-state index contributed by atoms with van der Waals surface area (Å²) >= 11 is 0. The Balaban J connectivity index is 1.89. The largest absolute Gasteiger partial charge is 0.366 e. The number of nitrogens with one attached hydrogen (secondary N) is 1.